The summed E-state index contributed by atoms with van der Waals surface area (Å²) in [5.74, 6) is 0.00649. The van der Waals surface area contributed by atoms with Crippen molar-refractivity contribution >= 4 is 15.7 Å². The van der Waals surface area contributed by atoms with Crippen LogP contribution in [0.2, 0.25) is 0 Å². The highest BCUT2D eigenvalue weighted by Crippen LogP contribution is 2.19. The van der Waals surface area contributed by atoms with Crippen molar-refractivity contribution in [2.75, 3.05) is 11.5 Å². The molecule has 116 valence electrons. The predicted octanol–water partition coefficient (Wildman–Crippen LogP) is 0.318. The topological polar surface area (TPSA) is 93.9 Å². The van der Waals surface area contributed by atoms with Crippen molar-refractivity contribution in [3.05, 3.63) is 42.4 Å². The summed E-state index contributed by atoms with van der Waals surface area (Å²) in [4.78, 5) is 16.4. The molecule has 22 heavy (non-hydrogen) atoms. The molecule has 1 atom stereocenters. The SMILES string of the molecule is O=C(NCc1cccnc1-n1cccn1)[C@@H]1CCS(=O)(=O)C1. The number of carbonyl (C=O) groups is 1. The summed E-state index contributed by atoms with van der Waals surface area (Å²) in [6.45, 7) is 0.290. The number of carbonyl (C=O) groups excluding carboxylic acids is 1. The van der Waals surface area contributed by atoms with Crippen LogP contribution < -0.4 is 5.32 Å². The van der Waals surface area contributed by atoms with Crippen LogP contribution in [0.4, 0.5) is 0 Å². The Balaban J connectivity index is 1.69. The molecule has 0 aromatic carbocycles. The zero-order chi connectivity index (χ0) is 15.6. The van der Waals surface area contributed by atoms with Crippen molar-refractivity contribution in [3.8, 4) is 5.82 Å². The van der Waals surface area contributed by atoms with Crippen LogP contribution in [0.1, 0.15) is 12.0 Å². The highest BCUT2D eigenvalue weighted by Gasteiger charge is 2.32. The van der Waals surface area contributed by atoms with Crippen LogP contribution in [-0.4, -0.2) is 40.6 Å². The van der Waals surface area contributed by atoms with Gasteiger partial charge in [-0.15, -0.1) is 0 Å². The fraction of sp³-hybridized carbons (Fsp3) is 0.357. The smallest absolute Gasteiger partial charge is 0.224 e. The summed E-state index contributed by atoms with van der Waals surface area (Å²) in [5.41, 5.74) is 0.820. The Labute approximate surface area is 128 Å². The Bertz CT molecular complexity index is 771. The lowest BCUT2D eigenvalue weighted by molar-refractivity contribution is -0.124. The first-order valence-corrected chi connectivity index (χ1v) is 8.79. The molecule has 3 rings (SSSR count). The quantitative estimate of drug-likeness (QED) is 0.875. The number of rotatable bonds is 4. The molecular formula is C14H16N4O3S. The number of hydrogen-bond donors (Lipinski definition) is 1. The Kier molecular flexibility index (Phi) is 3.93. The molecule has 3 heterocycles. The van der Waals surface area contributed by atoms with Crippen molar-refractivity contribution < 1.29 is 13.2 Å². The van der Waals surface area contributed by atoms with E-state index in [0.29, 0.717) is 18.8 Å². The summed E-state index contributed by atoms with van der Waals surface area (Å²) in [6.07, 6.45) is 5.48. The molecule has 0 bridgehead atoms. The Hall–Kier alpha value is -2.22. The summed E-state index contributed by atoms with van der Waals surface area (Å²) >= 11 is 0. The van der Waals surface area contributed by atoms with Crippen molar-refractivity contribution in [1.29, 1.82) is 0 Å². The molecule has 0 unspecified atom stereocenters. The van der Waals surface area contributed by atoms with Crippen LogP contribution in [0.15, 0.2) is 36.8 Å². The average molecular weight is 320 g/mol. The van der Waals surface area contributed by atoms with Crippen molar-refractivity contribution in [2.45, 2.75) is 13.0 Å². The first-order chi connectivity index (χ1) is 10.6. The Morgan fingerprint density at radius 2 is 2.23 bits per heavy atom. The molecule has 0 radical (unpaired) electrons. The highest BCUT2D eigenvalue weighted by molar-refractivity contribution is 7.91. The van der Waals surface area contributed by atoms with Gasteiger partial charge < -0.3 is 5.32 Å². The molecular weight excluding hydrogens is 304 g/mol. The van der Waals surface area contributed by atoms with E-state index in [1.54, 1.807) is 35.4 Å². The fourth-order valence-electron chi connectivity index (χ4n) is 2.50. The molecule has 1 saturated heterocycles. The van der Waals surface area contributed by atoms with E-state index >= 15 is 0 Å². The molecule has 1 amide bonds. The number of hydrogen-bond acceptors (Lipinski definition) is 5. The summed E-state index contributed by atoms with van der Waals surface area (Å²) in [5, 5.41) is 6.93. The van der Waals surface area contributed by atoms with Gasteiger partial charge in [0.15, 0.2) is 15.7 Å². The largest absolute Gasteiger partial charge is 0.352 e. The van der Waals surface area contributed by atoms with Gasteiger partial charge in [0, 0.05) is 30.7 Å². The monoisotopic (exact) mass is 320 g/mol. The molecule has 7 nitrogen and oxygen atoms in total. The van der Waals surface area contributed by atoms with E-state index in [9.17, 15) is 13.2 Å². The van der Waals surface area contributed by atoms with Gasteiger partial charge in [-0.3, -0.25) is 4.79 Å². The number of amides is 1. The van der Waals surface area contributed by atoms with Crippen LogP contribution in [0, 0.1) is 5.92 Å². The van der Waals surface area contributed by atoms with Gasteiger partial charge in [0.05, 0.1) is 17.4 Å². The third-order valence-corrected chi connectivity index (χ3v) is 5.41. The third kappa shape index (κ3) is 3.16. The van der Waals surface area contributed by atoms with Gasteiger partial charge in [-0.2, -0.15) is 5.10 Å². The van der Waals surface area contributed by atoms with Crippen LogP contribution in [0.5, 0.6) is 0 Å². The van der Waals surface area contributed by atoms with Gasteiger partial charge in [0.1, 0.15) is 0 Å². The number of sulfone groups is 1. The number of nitrogens with one attached hydrogen (secondary N) is 1. The van der Waals surface area contributed by atoms with Crippen LogP contribution >= 0.6 is 0 Å². The molecule has 2 aromatic rings. The molecule has 1 N–H and O–H groups in total. The molecule has 0 saturated carbocycles. The van der Waals surface area contributed by atoms with E-state index in [1.165, 1.54) is 0 Å². The number of nitrogens with zero attached hydrogens (tertiary/aromatic N) is 3. The van der Waals surface area contributed by atoms with Gasteiger partial charge in [0.25, 0.3) is 0 Å². The van der Waals surface area contributed by atoms with Crippen molar-refractivity contribution in [3.63, 3.8) is 0 Å². The number of pyridine rings is 1. The molecule has 1 aliphatic heterocycles. The summed E-state index contributed by atoms with van der Waals surface area (Å²) < 4.78 is 24.5. The normalized spacial score (nSPS) is 19.9. The van der Waals surface area contributed by atoms with E-state index in [0.717, 1.165) is 5.56 Å². The minimum Gasteiger partial charge on any atom is -0.352 e. The second-order valence-electron chi connectivity index (χ2n) is 5.25. The lowest BCUT2D eigenvalue weighted by Gasteiger charge is -2.12. The predicted molar refractivity (Wildman–Crippen MR) is 80.0 cm³/mol. The van der Waals surface area contributed by atoms with E-state index in [4.69, 9.17) is 0 Å². The van der Waals surface area contributed by atoms with E-state index in [-0.39, 0.29) is 17.4 Å². The van der Waals surface area contributed by atoms with Gasteiger partial charge in [-0.25, -0.2) is 18.1 Å². The van der Waals surface area contributed by atoms with Crippen LogP contribution in [0.25, 0.3) is 5.82 Å². The Morgan fingerprint density at radius 3 is 2.91 bits per heavy atom. The van der Waals surface area contributed by atoms with Gasteiger partial charge in [-0.1, -0.05) is 6.07 Å². The lowest BCUT2D eigenvalue weighted by atomic mass is 10.1. The average Bonchev–Trinajstić information content (AvgIpc) is 3.14. The minimum atomic E-state index is -3.05. The van der Waals surface area contributed by atoms with E-state index in [2.05, 4.69) is 15.4 Å². The van der Waals surface area contributed by atoms with E-state index in [1.807, 2.05) is 6.07 Å². The Morgan fingerprint density at radius 1 is 1.36 bits per heavy atom. The van der Waals surface area contributed by atoms with Crippen molar-refractivity contribution in [2.24, 2.45) is 5.92 Å². The molecule has 0 spiro atoms. The second-order valence-corrected chi connectivity index (χ2v) is 7.48. The molecule has 0 aliphatic carbocycles. The lowest BCUT2D eigenvalue weighted by Crippen LogP contribution is -2.31. The van der Waals surface area contributed by atoms with Gasteiger partial charge in [0.2, 0.25) is 5.91 Å². The molecule has 2 aromatic heterocycles. The third-order valence-electron chi connectivity index (χ3n) is 3.65. The van der Waals surface area contributed by atoms with Gasteiger partial charge >= 0.3 is 0 Å². The zero-order valence-corrected chi connectivity index (χ0v) is 12.7. The first kappa shape index (κ1) is 14.7. The maximum Gasteiger partial charge on any atom is 0.224 e. The maximum absolute atomic E-state index is 12.1. The van der Waals surface area contributed by atoms with Crippen molar-refractivity contribution in [1.82, 2.24) is 20.1 Å². The standard InChI is InChI=1S/C14H16N4O3S/c19-14(12-4-8-22(20,21)10-12)16-9-11-3-1-5-15-13(11)18-7-2-6-17-18/h1-3,5-7,12H,4,8-10H2,(H,16,19)/t12-/m1/s1. The van der Waals surface area contributed by atoms with Crippen LogP contribution in [-0.2, 0) is 21.2 Å². The van der Waals surface area contributed by atoms with Crippen LogP contribution in [0.3, 0.4) is 0 Å². The molecule has 8 heteroatoms. The zero-order valence-electron chi connectivity index (χ0n) is 11.8. The fourth-order valence-corrected chi connectivity index (χ4v) is 4.24. The highest BCUT2D eigenvalue weighted by atomic mass is 32.2. The minimum absolute atomic E-state index is 0.0577. The second kappa shape index (κ2) is 5.88. The van der Waals surface area contributed by atoms with E-state index < -0.39 is 15.8 Å². The van der Waals surface area contributed by atoms with Gasteiger partial charge in [-0.05, 0) is 18.6 Å². The summed E-state index contributed by atoms with van der Waals surface area (Å²) in [7, 11) is -3.05. The first-order valence-electron chi connectivity index (χ1n) is 6.97. The molecule has 1 fully saturated rings. The maximum atomic E-state index is 12.1. The molecule has 1 aliphatic rings. The number of aromatic nitrogens is 3. The summed E-state index contributed by atoms with van der Waals surface area (Å²) in [6, 6.07) is 5.44.